The van der Waals surface area contributed by atoms with Crippen LogP contribution in [0.25, 0.3) is 0 Å². The summed E-state index contributed by atoms with van der Waals surface area (Å²) in [6.45, 7) is 0. The maximum absolute atomic E-state index is 12.7. The first-order valence-electron chi connectivity index (χ1n) is 10.4. The van der Waals surface area contributed by atoms with Crippen molar-refractivity contribution < 1.29 is 35.9 Å². The quantitative estimate of drug-likeness (QED) is 0.373. The Bertz CT molecular complexity index is 627. The van der Waals surface area contributed by atoms with Gasteiger partial charge in [-0.1, -0.05) is 75.3 Å². The van der Waals surface area contributed by atoms with Crippen molar-refractivity contribution in [3.05, 3.63) is 35.9 Å². The monoisotopic (exact) mass is 438 g/mol. The number of ether oxygens (including phenoxy) is 1. The first-order chi connectivity index (χ1) is 14.1. The second-order valence-electron chi connectivity index (χ2n) is 8.08. The third kappa shape index (κ3) is 8.19. The van der Waals surface area contributed by atoms with Gasteiger partial charge in [-0.3, -0.25) is 4.79 Å². The molecule has 1 aromatic rings. The lowest BCUT2D eigenvalue weighted by Crippen LogP contribution is -2.46. The van der Waals surface area contributed by atoms with Crippen LogP contribution < -0.4 is 0 Å². The lowest BCUT2D eigenvalue weighted by atomic mass is 9.89. The molecule has 0 aromatic heterocycles. The molecule has 0 bridgehead atoms. The van der Waals surface area contributed by atoms with Crippen molar-refractivity contribution in [3.63, 3.8) is 0 Å². The number of rotatable bonds is 4. The second kappa shape index (κ2) is 11.0. The normalized spacial score (nSPS) is 22.4. The molecular formula is C22H28F6O2. The van der Waals surface area contributed by atoms with E-state index in [9.17, 15) is 31.1 Å². The van der Waals surface area contributed by atoms with E-state index in [0.29, 0.717) is 18.8 Å². The Morgan fingerprint density at radius 2 is 1.33 bits per heavy atom. The van der Waals surface area contributed by atoms with Crippen molar-refractivity contribution >= 4 is 5.97 Å². The Balaban J connectivity index is 1.93. The van der Waals surface area contributed by atoms with E-state index in [1.54, 1.807) is 0 Å². The molecule has 8 heteroatoms. The fourth-order valence-electron chi connectivity index (χ4n) is 4.03. The average Bonchev–Trinajstić information content (AvgIpc) is 2.70. The van der Waals surface area contributed by atoms with Crippen molar-refractivity contribution in [2.75, 3.05) is 0 Å². The molecule has 0 radical (unpaired) electrons. The molecule has 0 heterocycles. The highest BCUT2D eigenvalue weighted by atomic mass is 19.4. The zero-order valence-corrected chi connectivity index (χ0v) is 16.8. The minimum Gasteiger partial charge on any atom is -0.443 e. The van der Waals surface area contributed by atoms with Crippen LogP contribution in [0.4, 0.5) is 26.3 Å². The minimum absolute atomic E-state index is 0.249. The molecule has 30 heavy (non-hydrogen) atoms. The van der Waals surface area contributed by atoms with Crippen LogP contribution in [-0.2, 0) is 16.0 Å². The number of esters is 1. The Morgan fingerprint density at radius 1 is 0.833 bits per heavy atom. The van der Waals surface area contributed by atoms with E-state index in [2.05, 4.69) is 16.9 Å². The molecule has 2 unspecified atom stereocenters. The summed E-state index contributed by atoms with van der Waals surface area (Å²) in [6, 6.07) is 10.1. The van der Waals surface area contributed by atoms with Gasteiger partial charge in [0.25, 0.3) is 6.10 Å². The zero-order valence-electron chi connectivity index (χ0n) is 16.8. The number of carbonyl (C=O) groups excluding carboxylic acids is 1. The molecular weight excluding hydrogens is 410 g/mol. The van der Waals surface area contributed by atoms with Crippen LogP contribution in [0.1, 0.15) is 63.4 Å². The van der Waals surface area contributed by atoms with Gasteiger partial charge in [0.1, 0.15) is 0 Å². The maximum Gasteiger partial charge on any atom is 0.434 e. The fraction of sp³-hybridized carbons (Fsp3) is 0.682. The van der Waals surface area contributed by atoms with E-state index in [1.165, 1.54) is 5.56 Å². The number of hydrogen-bond acceptors (Lipinski definition) is 2. The van der Waals surface area contributed by atoms with Gasteiger partial charge in [0.15, 0.2) is 0 Å². The summed E-state index contributed by atoms with van der Waals surface area (Å²) in [6.07, 6.45) is -8.36. The topological polar surface area (TPSA) is 26.3 Å². The summed E-state index contributed by atoms with van der Waals surface area (Å²) in [5.41, 5.74) is 1.25. The molecule has 1 aliphatic rings. The highest BCUT2D eigenvalue weighted by Crippen LogP contribution is 2.37. The molecule has 0 saturated heterocycles. The lowest BCUT2D eigenvalue weighted by Gasteiger charge is -2.25. The number of alkyl halides is 6. The lowest BCUT2D eigenvalue weighted by molar-refractivity contribution is -0.314. The Hall–Kier alpha value is -1.73. The van der Waals surface area contributed by atoms with E-state index in [-0.39, 0.29) is 12.8 Å². The summed E-state index contributed by atoms with van der Waals surface area (Å²) < 4.78 is 80.0. The summed E-state index contributed by atoms with van der Waals surface area (Å²) in [4.78, 5) is 12.1. The highest BCUT2D eigenvalue weighted by molar-refractivity contribution is 5.72. The molecule has 2 rings (SSSR count). The molecule has 1 saturated carbocycles. The van der Waals surface area contributed by atoms with E-state index < -0.39 is 30.3 Å². The van der Waals surface area contributed by atoms with E-state index in [0.717, 1.165) is 38.5 Å². The van der Waals surface area contributed by atoms with Crippen LogP contribution in [0.5, 0.6) is 0 Å². The van der Waals surface area contributed by atoms with Crippen LogP contribution in [-0.4, -0.2) is 24.4 Å². The third-order valence-corrected chi connectivity index (χ3v) is 5.61. The highest BCUT2D eigenvalue weighted by Gasteiger charge is 2.60. The van der Waals surface area contributed by atoms with Crippen molar-refractivity contribution in [2.24, 2.45) is 11.8 Å². The molecule has 1 aromatic carbocycles. The van der Waals surface area contributed by atoms with E-state index in [4.69, 9.17) is 0 Å². The first-order valence-corrected chi connectivity index (χ1v) is 10.4. The first kappa shape index (κ1) is 24.5. The molecule has 0 aliphatic heterocycles. The van der Waals surface area contributed by atoms with Crippen molar-refractivity contribution in [3.8, 4) is 0 Å². The van der Waals surface area contributed by atoms with Gasteiger partial charge in [0.05, 0.1) is 5.92 Å². The summed E-state index contributed by atoms with van der Waals surface area (Å²) in [5, 5.41) is 0. The Labute approximate surface area is 173 Å². The van der Waals surface area contributed by atoms with Gasteiger partial charge in [0, 0.05) is 0 Å². The maximum atomic E-state index is 12.7. The summed E-state index contributed by atoms with van der Waals surface area (Å²) in [7, 11) is 0. The standard InChI is InChI=1S/C22H28F6O2/c23-21(24,25)20(22(26,27)28)30-19(29)18-13-6-2-5-11-17(12-7-8-14-18)15-16-9-3-1-4-10-16/h1,3-4,9-10,17-18,20H,2,5-8,11-15H2. The average molecular weight is 438 g/mol. The number of hydrogen-bond donors (Lipinski definition) is 0. The van der Waals surface area contributed by atoms with Gasteiger partial charge in [-0.2, -0.15) is 26.3 Å². The van der Waals surface area contributed by atoms with Gasteiger partial charge in [-0.05, 0) is 30.7 Å². The summed E-state index contributed by atoms with van der Waals surface area (Å²) >= 11 is 0. The van der Waals surface area contributed by atoms with Crippen LogP contribution >= 0.6 is 0 Å². The van der Waals surface area contributed by atoms with Crippen LogP contribution in [0.2, 0.25) is 0 Å². The molecule has 0 N–H and O–H groups in total. The van der Waals surface area contributed by atoms with E-state index in [1.807, 2.05) is 18.2 Å². The SMILES string of the molecule is O=C(OC(C(F)(F)F)C(F)(F)F)C1CCCCCC(Cc2ccccc2)CCCC1. The molecule has 2 nitrogen and oxygen atoms in total. The second-order valence-corrected chi connectivity index (χ2v) is 8.08. The molecule has 0 spiro atoms. The van der Waals surface area contributed by atoms with Gasteiger partial charge < -0.3 is 4.74 Å². The number of carbonyl (C=O) groups is 1. The summed E-state index contributed by atoms with van der Waals surface area (Å²) in [5.74, 6) is -1.84. The Kier molecular flexibility index (Phi) is 9.04. The van der Waals surface area contributed by atoms with Crippen LogP contribution in [0, 0.1) is 11.8 Å². The predicted molar refractivity (Wildman–Crippen MR) is 101 cm³/mol. The van der Waals surface area contributed by atoms with Crippen LogP contribution in [0.3, 0.4) is 0 Å². The third-order valence-electron chi connectivity index (χ3n) is 5.61. The van der Waals surface area contributed by atoms with Crippen molar-refractivity contribution in [2.45, 2.75) is 82.7 Å². The minimum atomic E-state index is -5.67. The smallest absolute Gasteiger partial charge is 0.434 e. The van der Waals surface area contributed by atoms with Gasteiger partial charge >= 0.3 is 18.3 Å². The molecule has 1 fully saturated rings. The Morgan fingerprint density at radius 3 is 1.90 bits per heavy atom. The predicted octanol–water partition coefficient (Wildman–Crippen LogP) is 7.02. The van der Waals surface area contributed by atoms with Crippen molar-refractivity contribution in [1.29, 1.82) is 0 Å². The molecule has 0 amide bonds. The largest absolute Gasteiger partial charge is 0.443 e. The zero-order chi connectivity index (χ0) is 22.2. The number of halogens is 6. The van der Waals surface area contributed by atoms with Crippen molar-refractivity contribution in [1.82, 2.24) is 0 Å². The van der Waals surface area contributed by atoms with Gasteiger partial charge in [0.2, 0.25) is 0 Å². The number of benzene rings is 1. The molecule has 1 aliphatic carbocycles. The fourth-order valence-corrected chi connectivity index (χ4v) is 4.03. The molecule has 170 valence electrons. The molecule has 2 atom stereocenters. The van der Waals surface area contributed by atoms with Gasteiger partial charge in [-0.25, -0.2) is 0 Å². The van der Waals surface area contributed by atoms with Gasteiger partial charge in [-0.15, -0.1) is 0 Å². The van der Waals surface area contributed by atoms with E-state index >= 15 is 0 Å². The van der Waals surface area contributed by atoms with Crippen LogP contribution in [0.15, 0.2) is 30.3 Å².